The highest BCUT2D eigenvalue weighted by Crippen LogP contribution is 2.37. The predicted octanol–water partition coefficient (Wildman–Crippen LogP) is 4.21. The molecule has 1 aliphatic heterocycles. The van der Waals surface area contributed by atoms with Crippen molar-refractivity contribution in [1.82, 2.24) is 0 Å². The fourth-order valence-corrected chi connectivity index (χ4v) is 2.99. The molecule has 0 saturated carbocycles. The summed E-state index contributed by atoms with van der Waals surface area (Å²) in [6.45, 7) is 8.29. The summed E-state index contributed by atoms with van der Waals surface area (Å²) in [7, 11) is 1.41. The smallest absolute Gasteiger partial charge is 0.487 e. The fraction of sp³-hybridized carbons (Fsp3) is 0.474. The molecule has 4 heteroatoms. The Morgan fingerprint density at radius 1 is 1.13 bits per heavy atom. The maximum absolute atomic E-state index is 6.02. The minimum atomic E-state index is -0.301. The molecule has 0 atom stereocenters. The molecule has 1 aliphatic carbocycles. The molecule has 0 spiro atoms. The highest BCUT2D eigenvalue weighted by molar-refractivity contribution is 6.51. The molecule has 23 heavy (non-hydrogen) atoms. The molecule has 1 fully saturated rings. The molecule has 1 aromatic carbocycles. The molecule has 0 unspecified atom stereocenters. The van der Waals surface area contributed by atoms with Crippen LogP contribution >= 0.6 is 0 Å². The molecule has 3 rings (SSSR count). The number of allylic oxidation sites excluding steroid dienone is 3. The van der Waals surface area contributed by atoms with Crippen molar-refractivity contribution in [2.75, 3.05) is 7.11 Å². The zero-order valence-corrected chi connectivity index (χ0v) is 14.7. The number of benzene rings is 1. The Labute approximate surface area is 139 Å². The van der Waals surface area contributed by atoms with Gasteiger partial charge in [0.05, 0.1) is 18.3 Å². The van der Waals surface area contributed by atoms with Crippen LogP contribution in [0.25, 0.3) is 5.57 Å². The Bertz CT molecular complexity index is 643. The molecule has 0 amide bonds. The van der Waals surface area contributed by atoms with Gasteiger partial charge in [-0.25, -0.2) is 0 Å². The highest BCUT2D eigenvalue weighted by atomic mass is 16.7. The van der Waals surface area contributed by atoms with Crippen LogP contribution in [0, 0.1) is 0 Å². The van der Waals surface area contributed by atoms with Crippen molar-refractivity contribution in [2.45, 2.75) is 51.7 Å². The van der Waals surface area contributed by atoms with Crippen LogP contribution in [0.15, 0.2) is 36.3 Å². The summed E-state index contributed by atoms with van der Waals surface area (Å²) in [4.78, 5) is 0. The van der Waals surface area contributed by atoms with E-state index in [1.807, 2.05) is 12.0 Å². The number of fused-ring (bicyclic) bond motifs is 1. The first-order valence-electron chi connectivity index (χ1n) is 8.24. The number of ether oxygens (including phenoxy) is 1. The average Bonchev–Trinajstić information content (AvgIpc) is 2.72. The third-order valence-electron chi connectivity index (χ3n) is 5.11. The van der Waals surface area contributed by atoms with E-state index in [9.17, 15) is 0 Å². The minimum absolute atomic E-state index is 0.297. The van der Waals surface area contributed by atoms with Crippen LogP contribution in [0.3, 0.4) is 0 Å². The van der Waals surface area contributed by atoms with Gasteiger partial charge in [0.1, 0.15) is 5.75 Å². The van der Waals surface area contributed by atoms with Crippen LogP contribution in [0.1, 0.15) is 45.2 Å². The number of hydrogen-bond donors (Lipinski definition) is 0. The predicted molar refractivity (Wildman–Crippen MR) is 94.5 cm³/mol. The molecule has 3 nitrogen and oxygen atoms in total. The maximum atomic E-state index is 6.02. The van der Waals surface area contributed by atoms with E-state index in [1.165, 1.54) is 16.7 Å². The second-order valence-electron chi connectivity index (χ2n) is 7.21. The number of methoxy groups -OCH3 is 1. The second kappa shape index (κ2) is 5.84. The summed E-state index contributed by atoms with van der Waals surface area (Å²) in [5, 5.41) is 0. The van der Waals surface area contributed by atoms with E-state index in [0.29, 0.717) is 0 Å². The molecule has 0 bridgehead atoms. The Hall–Kier alpha value is -1.52. The van der Waals surface area contributed by atoms with E-state index in [1.54, 1.807) is 7.11 Å². The van der Waals surface area contributed by atoms with Crippen LogP contribution in [0.4, 0.5) is 0 Å². The third kappa shape index (κ3) is 3.10. The van der Waals surface area contributed by atoms with Crippen molar-refractivity contribution in [3.05, 3.63) is 47.5 Å². The molecule has 2 aliphatic rings. The number of rotatable bonds is 3. The zero-order chi connectivity index (χ0) is 16.7. The normalized spacial score (nSPS) is 22.1. The summed E-state index contributed by atoms with van der Waals surface area (Å²) in [6.07, 6.45) is 6.49. The summed E-state index contributed by atoms with van der Waals surface area (Å²) in [5.74, 6) is 2.93. The Morgan fingerprint density at radius 3 is 2.48 bits per heavy atom. The lowest BCUT2D eigenvalue weighted by atomic mass is 9.85. The van der Waals surface area contributed by atoms with Gasteiger partial charge in [0.15, 0.2) is 0 Å². The van der Waals surface area contributed by atoms with Gasteiger partial charge < -0.3 is 14.0 Å². The first-order valence-corrected chi connectivity index (χ1v) is 8.24. The molecular weight excluding hydrogens is 287 g/mol. The van der Waals surface area contributed by atoms with Crippen LogP contribution in [0.5, 0.6) is 5.75 Å². The number of hydrogen-bond acceptors (Lipinski definition) is 3. The zero-order valence-electron chi connectivity index (χ0n) is 14.7. The van der Waals surface area contributed by atoms with Crippen LogP contribution < -0.4 is 4.74 Å². The monoisotopic (exact) mass is 312 g/mol. The molecule has 1 saturated heterocycles. The fourth-order valence-electron chi connectivity index (χ4n) is 2.99. The van der Waals surface area contributed by atoms with Crippen LogP contribution in [-0.2, 0) is 15.7 Å². The molecular formula is C19H25BO3. The van der Waals surface area contributed by atoms with Crippen molar-refractivity contribution in [3.63, 3.8) is 0 Å². The van der Waals surface area contributed by atoms with Gasteiger partial charge in [-0.05, 0) is 69.4 Å². The van der Waals surface area contributed by atoms with Gasteiger partial charge in [0.2, 0.25) is 0 Å². The average molecular weight is 312 g/mol. The molecule has 122 valence electrons. The Kier molecular flexibility index (Phi) is 4.15. The standard InChI is InChI=1S/C19H25BO3/c1-18(2)19(3,4)23-20(22-18)12-11-14-7-6-8-15-13-16(21-5)9-10-17(14)15/h7,9-13H,6,8H2,1-5H3/b12-11+. The highest BCUT2D eigenvalue weighted by Gasteiger charge is 2.50. The summed E-state index contributed by atoms with van der Waals surface area (Å²) in [6, 6.07) is 6.28. The van der Waals surface area contributed by atoms with E-state index in [0.717, 1.165) is 18.6 Å². The third-order valence-corrected chi connectivity index (χ3v) is 5.11. The Morgan fingerprint density at radius 2 is 1.83 bits per heavy atom. The first-order chi connectivity index (χ1) is 10.8. The Balaban J connectivity index is 1.79. The SMILES string of the molecule is COc1ccc2c(c1)CCC=C2/C=C/B1OC(C)(C)C(C)(C)O1. The van der Waals surface area contributed by atoms with Gasteiger partial charge >= 0.3 is 7.12 Å². The van der Waals surface area contributed by atoms with Crippen molar-refractivity contribution in [1.29, 1.82) is 0 Å². The molecule has 1 aromatic rings. The lowest BCUT2D eigenvalue weighted by Crippen LogP contribution is -2.41. The molecule has 0 radical (unpaired) electrons. The minimum Gasteiger partial charge on any atom is -0.497 e. The summed E-state index contributed by atoms with van der Waals surface area (Å²) < 4.78 is 17.4. The quantitative estimate of drug-likeness (QED) is 0.782. The van der Waals surface area contributed by atoms with Gasteiger partial charge in [0, 0.05) is 0 Å². The largest absolute Gasteiger partial charge is 0.497 e. The van der Waals surface area contributed by atoms with Crippen LogP contribution in [0.2, 0.25) is 0 Å². The van der Waals surface area contributed by atoms with Gasteiger partial charge in [-0.1, -0.05) is 24.2 Å². The van der Waals surface area contributed by atoms with Gasteiger partial charge in [-0.2, -0.15) is 0 Å². The topological polar surface area (TPSA) is 27.7 Å². The van der Waals surface area contributed by atoms with Crippen molar-refractivity contribution in [2.24, 2.45) is 0 Å². The summed E-state index contributed by atoms with van der Waals surface area (Å²) >= 11 is 0. The van der Waals surface area contributed by atoms with Crippen LogP contribution in [-0.4, -0.2) is 25.4 Å². The lowest BCUT2D eigenvalue weighted by Gasteiger charge is -2.32. The van der Waals surface area contributed by atoms with E-state index in [-0.39, 0.29) is 18.3 Å². The number of aryl methyl sites for hydroxylation is 1. The molecule has 1 heterocycles. The van der Waals surface area contributed by atoms with Gasteiger partial charge in [0.25, 0.3) is 0 Å². The maximum Gasteiger partial charge on any atom is 0.487 e. The van der Waals surface area contributed by atoms with Crippen molar-refractivity contribution >= 4 is 12.7 Å². The van der Waals surface area contributed by atoms with Crippen molar-refractivity contribution in [3.8, 4) is 5.75 Å². The summed E-state index contributed by atoms with van der Waals surface area (Å²) in [5.41, 5.74) is 3.23. The van der Waals surface area contributed by atoms with E-state index >= 15 is 0 Å². The van der Waals surface area contributed by atoms with Gasteiger partial charge in [-0.15, -0.1) is 0 Å². The van der Waals surface area contributed by atoms with Gasteiger partial charge in [-0.3, -0.25) is 0 Å². The van der Waals surface area contributed by atoms with E-state index in [2.05, 4.69) is 52.0 Å². The van der Waals surface area contributed by atoms with E-state index < -0.39 is 0 Å². The second-order valence-corrected chi connectivity index (χ2v) is 7.21. The molecule has 0 N–H and O–H groups in total. The molecule has 0 aromatic heterocycles. The lowest BCUT2D eigenvalue weighted by molar-refractivity contribution is 0.00578. The van der Waals surface area contributed by atoms with E-state index in [4.69, 9.17) is 14.0 Å². The van der Waals surface area contributed by atoms with Crippen molar-refractivity contribution < 1.29 is 14.0 Å². The first kappa shape index (κ1) is 16.3.